The van der Waals surface area contributed by atoms with Gasteiger partial charge >= 0.3 is 39.5 Å². The summed E-state index contributed by atoms with van der Waals surface area (Å²) < 4.78 is 68.8. The average molecular weight is 1500 g/mol. The van der Waals surface area contributed by atoms with Crippen molar-refractivity contribution in [2.45, 2.75) is 451 Å². The maximum atomic E-state index is 13.1. The van der Waals surface area contributed by atoms with Crippen LogP contribution in [0.5, 0.6) is 0 Å². The molecule has 0 amide bonds. The third-order valence-electron chi connectivity index (χ3n) is 19.2. The van der Waals surface area contributed by atoms with Gasteiger partial charge in [0.05, 0.1) is 26.4 Å². The molecule has 0 aromatic heterocycles. The number of aliphatic hydroxyl groups excluding tert-OH is 1. The Bertz CT molecular complexity index is 2040. The molecule has 0 saturated heterocycles. The first-order valence-electron chi connectivity index (χ1n) is 43.1. The summed E-state index contributed by atoms with van der Waals surface area (Å²) in [5.74, 6) is -2.13. The number of carbonyl (C=O) groups excluding carboxylic acids is 4. The lowest BCUT2D eigenvalue weighted by molar-refractivity contribution is -0.161. The van der Waals surface area contributed by atoms with Crippen molar-refractivity contribution in [1.29, 1.82) is 0 Å². The molecule has 0 radical (unpaired) electrons. The van der Waals surface area contributed by atoms with Crippen LogP contribution in [0.2, 0.25) is 0 Å². The number of aliphatic hydroxyl groups is 1. The summed E-state index contributed by atoms with van der Waals surface area (Å²) in [5.41, 5.74) is 0. The molecule has 0 spiro atoms. The van der Waals surface area contributed by atoms with Gasteiger partial charge in [-0.05, 0) is 51.4 Å². The highest BCUT2D eigenvalue weighted by Gasteiger charge is 2.30. The molecular formula is C84H160O17P2. The largest absolute Gasteiger partial charge is 0.472 e. The minimum absolute atomic E-state index is 0.0858. The zero-order chi connectivity index (χ0) is 75.3. The van der Waals surface area contributed by atoms with Crippen LogP contribution < -0.4 is 0 Å². The van der Waals surface area contributed by atoms with Gasteiger partial charge in [-0.2, -0.15) is 0 Å². The number of hydrogen-bond donors (Lipinski definition) is 3. The predicted molar refractivity (Wildman–Crippen MR) is 423 cm³/mol. The lowest BCUT2D eigenvalue weighted by atomic mass is 10.0. The Balaban J connectivity index is 5.25. The molecule has 0 rings (SSSR count). The van der Waals surface area contributed by atoms with E-state index in [1.807, 2.05) is 0 Å². The van der Waals surface area contributed by atoms with Crippen molar-refractivity contribution in [2.24, 2.45) is 0 Å². The maximum Gasteiger partial charge on any atom is 0.472 e. The third-order valence-corrected chi connectivity index (χ3v) is 21.1. The van der Waals surface area contributed by atoms with Crippen LogP contribution in [0.15, 0.2) is 24.3 Å². The summed E-state index contributed by atoms with van der Waals surface area (Å²) in [6.45, 7) is 4.97. The van der Waals surface area contributed by atoms with E-state index in [0.29, 0.717) is 25.7 Å². The van der Waals surface area contributed by atoms with Gasteiger partial charge in [0.2, 0.25) is 0 Å². The fourth-order valence-corrected chi connectivity index (χ4v) is 14.2. The van der Waals surface area contributed by atoms with Gasteiger partial charge in [-0.25, -0.2) is 9.13 Å². The highest BCUT2D eigenvalue weighted by atomic mass is 31.2. The Kier molecular flexibility index (Phi) is 75.8. The van der Waals surface area contributed by atoms with Crippen molar-refractivity contribution in [3.05, 3.63) is 24.3 Å². The monoisotopic (exact) mass is 1500 g/mol. The van der Waals surface area contributed by atoms with Crippen LogP contribution in [0.25, 0.3) is 0 Å². The standard InChI is InChI=1S/C84H160O17P2/c1-5-9-13-17-21-25-29-32-35-37-39-40-42-45-48-51-55-59-63-67-71-84(89)101-80(75-95-82(87)69-65-61-57-53-49-46-44-41-38-36-33-30-26-22-18-14-10-6-2)77-99-103(92,93)97-73-78(85)72-96-102(90,91)98-76-79(74-94-81(86)68-64-60-56-52-28-24-20-16-12-8-4)100-83(88)70-66-62-58-54-50-47-43-34-31-27-23-19-15-11-7-3/h27,31,34,43,78-80,85H,5-26,28-30,32-33,35-42,44-77H2,1-4H3,(H,90,91)(H,92,93)/b31-27-,43-34-/t78-,79+,80+/m0/s1. The highest BCUT2D eigenvalue weighted by Crippen LogP contribution is 2.45. The SMILES string of the molecule is CCCCCC/C=C\C=C/CCCCCCCC(=O)O[C@H](COC(=O)CCCCCCCCCCCC)COP(=O)(O)OC[C@H](O)COP(=O)(O)OC[C@@H](COC(=O)CCCCCCCCCCCCCCCCCCCC)OC(=O)CCCCCCCCCCCCCCCCCCCCCC. The second kappa shape index (κ2) is 77.7. The molecule has 0 aliphatic heterocycles. The molecule has 0 saturated carbocycles. The molecule has 0 heterocycles. The zero-order valence-corrected chi connectivity index (χ0v) is 68.6. The summed E-state index contributed by atoms with van der Waals surface area (Å²) in [7, 11) is -9.93. The van der Waals surface area contributed by atoms with Gasteiger partial charge in [-0.1, -0.05) is 379 Å². The van der Waals surface area contributed by atoms with E-state index in [1.165, 1.54) is 250 Å². The van der Waals surface area contributed by atoms with Gasteiger partial charge in [-0.3, -0.25) is 37.3 Å². The number of unbranched alkanes of at least 4 members (excludes halogenated alkanes) is 54. The molecule has 0 aliphatic carbocycles. The number of allylic oxidation sites excluding steroid dienone is 4. The normalized spacial score (nSPS) is 13.9. The third kappa shape index (κ3) is 77.5. The van der Waals surface area contributed by atoms with Crippen molar-refractivity contribution in [3.8, 4) is 0 Å². The number of hydrogen-bond acceptors (Lipinski definition) is 15. The number of esters is 4. The minimum Gasteiger partial charge on any atom is -0.462 e. The maximum absolute atomic E-state index is 13.1. The second-order valence-electron chi connectivity index (χ2n) is 29.5. The second-order valence-corrected chi connectivity index (χ2v) is 32.4. The molecule has 3 N–H and O–H groups in total. The van der Waals surface area contributed by atoms with Gasteiger partial charge in [0, 0.05) is 25.7 Å². The number of rotatable bonds is 83. The molecule has 19 heteroatoms. The molecule has 5 atom stereocenters. The molecule has 0 aromatic rings. The van der Waals surface area contributed by atoms with Crippen LogP contribution in [0.3, 0.4) is 0 Å². The summed E-state index contributed by atoms with van der Waals surface area (Å²) >= 11 is 0. The van der Waals surface area contributed by atoms with E-state index in [4.69, 9.17) is 37.0 Å². The van der Waals surface area contributed by atoms with Crippen LogP contribution in [-0.4, -0.2) is 96.7 Å². The number of phosphoric acid groups is 2. The van der Waals surface area contributed by atoms with E-state index in [1.54, 1.807) is 0 Å². The first kappa shape index (κ1) is 101. The quantitative estimate of drug-likeness (QED) is 0.0169. The van der Waals surface area contributed by atoms with Crippen LogP contribution in [0.4, 0.5) is 0 Å². The Morgan fingerprint density at radius 2 is 0.466 bits per heavy atom. The fraction of sp³-hybridized carbons (Fsp3) is 0.905. The fourth-order valence-electron chi connectivity index (χ4n) is 12.6. The van der Waals surface area contributed by atoms with E-state index in [2.05, 4.69) is 52.0 Å². The van der Waals surface area contributed by atoms with E-state index >= 15 is 0 Å². The molecular weight excluding hydrogens is 1340 g/mol. The van der Waals surface area contributed by atoms with Crippen LogP contribution in [0.1, 0.15) is 432 Å². The first-order valence-corrected chi connectivity index (χ1v) is 46.1. The van der Waals surface area contributed by atoms with Gasteiger partial charge in [0.15, 0.2) is 12.2 Å². The molecule has 17 nitrogen and oxygen atoms in total. The summed E-state index contributed by atoms with van der Waals surface area (Å²) in [6, 6.07) is 0. The molecule has 608 valence electrons. The topological polar surface area (TPSA) is 237 Å². The molecule has 0 bridgehead atoms. The number of phosphoric ester groups is 2. The van der Waals surface area contributed by atoms with Gasteiger partial charge in [0.1, 0.15) is 19.3 Å². The lowest BCUT2D eigenvalue weighted by Crippen LogP contribution is -2.30. The number of ether oxygens (including phenoxy) is 4. The van der Waals surface area contributed by atoms with Crippen LogP contribution in [-0.2, 0) is 65.4 Å². The smallest absolute Gasteiger partial charge is 0.462 e. The molecule has 103 heavy (non-hydrogen) atoms. The average Bonchev–Trinajstić information content (AvgIpc) is 0.924. The van der Waals surface area contributed by atoms with Crippen molar-refractivity contribution < 1.29 is 80.2 Å². The Morgan fingerprint density at radius 3 is 0.709 bits per heavy atom. The van der Waals surface area contributed by atoms with E-state index in [0.717, 1.165) is 103 Å². The molecule has 0 aliphatic rings. The van der Waals surface area contributed by atoms with E-state index in [-0.39, 0.29) is 25.7 Å². The van der Waals surface area contributed by atoms with E-state index < -0.39 is 97.5 Å². The van der Waals surface area contributed by atoms with Crippen molar-refractivity contribution in [3.63, 3.8) is 0 Å². The molecule has 0 fully saturated rings. The summed E-state index contributed by atoms with van der Waals surface area (Å²) in [5, 5.41) is 10.7. The zero-order valence-electron chi connectivity index (χ0n) is 66.8. The van der Waals surface area contributed by atoms with Gasteiger partial charge in [0.25, 0.3) is 0 Å². The molecule has 0 aromatic carbocycles. The highest BCUT2D eigenvalue weighted by molar-refractivity contribution is 7.47. The summed E-state index contributed by atoms with van der Waals surface area (Å²) in [4.78, 5) is 73.1. The molecule has 2 unspecified atom stereocenters. The Morgan fingerprint density at radius 1 is 0.272 bits per heavy atom. The number of carbonyl (C=O) groups is 4. The van der Waals surface area contributed by atoms with Gasteiger partial charge < -0.3 is 33.8 Å². The lowest BCUT2D eigenvalue weighted by Gasteiger charge is -2.21. The predicted octanol–water partition coefficient (Wildman–Crippen LogP) is 25.3. The van der Waals surface area contributed by atoms with Crippen LogP contribution in [0, 0.1) is 0 Å². The first-order chi connectivity index (χ1) is 50.2. The minimum atomic E-state index is -4.97. The van der Waals surface area contributed by atoms with Crippen LogP contribution >= 0.6 is 15.6 Å². The van der Waals surface area contributed by atoms with Gasteiger partial charge in [-0.15, -0.1) is 0 Å². The van der Waals surface area contributed by atoms with Crippen molar-refractivity contribution >= 4 is 39.5 Å². The Labute approximate surface area is 631 Å². The summed E-state index contributed by atoms with van der Waals surface area (Å²) in [6.07, 6.45) is 74.4. The van der Waals surface area contributed by atoms with E-state index in [9.17, 15) is 43.2 Å². The van der Waals surface area contributed by atoms with Crippen molar-refractivity contribution in [2.75, 3.05) is 39.6 Å². The Hall–Kier alpha value is -2.46. The van der Waals surface area contributed by atoms with Crippen molar-refractivity contribution in [1.82, 2.24) is 0 Å².